The molecule has 6 heteroatoms. The van der Waals surface area contributed by atoms with Gasteiger partial charge in [0.1, 0.15) is 0 Å². The molecule has 0 atom stereocenters. The second kappa shape index (κ2) is 4.75. The molecule has 0 saturated carbocycles. The molecule has 1 heterocycles. The Morgan fingerprint density at radius 2 is 2.14 bits per heavy atom. The third kappa shape index (κ3) is 2.24. The van der Waals surface area contributed by atoms with Crippen LogP contribution in [0.2, 0.25) is 0 Å². The summed E-state index contributed by atoms with van der Waals surface area (Å²) < 4.78 is 37.6. The van der Waals surface area contributed by atoms with Crippen molar-refractivity contribution in [3.63, 3.8) is 0 Å². The van der Waals surface area contributed by atoms with E-state index in [1.807, 2.05) is 0 Å². The molecule has 0 unspecified atom stereocenters. The van der Waals surface area contributed by atoms with Crippen molar-refractivity contribution >= 4 is 15.9 Å². The number of aliphatic hydroxyl groups is 1. The zero-order chi connectivity index (χ0) is 10.7. The highest BCUT2D eigenvalue weighted by Gasteiger charge is 2.20. The minimum Gasteiger partial charge on any atom is -0.392 e. The average Bonchev–Trinajstić information content (AvgIpc) is 2.15. The molecule has 0 fully saturated rings. The van der Waals surface area contributed by atoms with Gasteiger partial charge in [-0.05, 0) is 11.6 Å². The van der Waals surface area contributed by atoms with Crippen molar-refractivity contribution in [2.24, 2.45) is 0 Å². The van der Waals surface area contributed by atoms with Crippen LogP contribution < -0.4 is 0 Å². The number of rotatable bonds is 3. The molecule has 14 heavy (non-hydrogen) atoms. The molecule has 78 valence electrons. The van der Waals surface area contributed by atoms with Crippen LogP contribution in [0.25, 0.3) is 0 Å². The molecule has 2 nitrogen and oxygen atoms in total. The van der Waals surface area contributed by atoms with Crippen LogP contribution in [-0.4, -0.2) is 10.1 Å². The zero-order valence-electron chi connectivity index (χ0n) is 6.98. The average molecular weight is 270 g/mol. The summed E-state index contributed by atoms with van der Waals surface area (Å²) in [7, 11) is 0. The molecule has 0 aliphatic carbocycles. The summed E-state index contributed by atoms with van der Waals surface area (Å²) >= 11 is 3.02. The Hall–Kier alpha value is -0.620. The van der Waals surface area contributed by atoms with Crippen LogP contribution in [0.4, 0.5) is 13.2 Å². The van der Waals surface area contributed by atoms with Crippen LogP contribution in [0.1, 0.15) is 23.2 Å². The molecular formula is C8H7BrF3NO. The lowest BCUT2D eigenvalue weighted by atomic mass is 10.1. The number of alkyl halides is 3. The summed E-state index contributed by atoms with van der Waals surface area (Å²) in [6.45, 7) is -0.626. The predicted molar refractivity (Wildman–Crippen MR) is 47.7 cm³/mol. The maximum absolute atomic E-state index is 13.0. The molecule has 0 bridgehead atoms. The van der Waals surface area contributed by atoms with Gasteiger partial charge in [-0.15, -0.1) is 0 Å². The lowest BCUT2D eigenvalue weighted by Crippen LogP contribution is -2.04. The first kappa shape index (κ1) is 11.5. The number of aromatic nitrogens is 1. The Labute approximate surface area is 86.9 Å². The topological polar surface area (TPSA) is 33.1 Å². The first-order valence-corrected chi connectivity index (χ1v) is 4.85. The van der Waals surface area contributed by atoms with E-state index in [1.54, 1.807) is 0 Å². The molecule has 0 spiro atoms. The van der Waals surface area contributed by atoms with Crippen molar-refractivity contribution in [3.05, 3.63) is 28.8 Å². The lowest BCUT2D eigenvalue weighted by molar-refractivity contribution is 0.140. The number of pyridine rings is 1. The Morgan fingerprint density at radius 1 is 1.50 bits per heavy atom. The fourth-order valence-corrected chi connectivity index (χ4v) is 1.35. The van der Waals surface area contributed by atoms with Gasteiger partial charge in [-0.1, -0.05) is 15.9 Å². The summed E-state index contributed by atoms with van der Waals surface area (Å²) in [6.07, 6.45) is -2.96. The minimum absolute atomic E-state index is 0.123. The van der Waals surface area contributed by atoms with Gasteiger partial charge in [0.05, 0.1) is 17.9 Å². The van der Waals surface area contributed by atoms with Crippen molar-refractivity contribution < 1.29 is 18.3 Å². The number of hydrogen-bond donors (Lipinski definition) is 1. The number of hydrogen-bond acceptors (Lipinski definition) is 2. The quantitative estimate of drug-likeness (QED) is 0.676. The summed E-state index contributed by atoms with van der Waals surface area (Å²) in [6, 6.07) is 1.25. The molecule has 1 aromatic heterocycles. The van der Waals surface area contributed by atoms with Crippen LogP contribution in [0.3, 0.4) is 0 Å². The Kier molecular flexibility index (Phi) is 3.88. The maximum Gasteiger partial charge on any atom is 0.268 e. The van der Waals surface area contributed by atoms with Crippen LogP contribution in [-0.2, 0) is 11.9 Å². The van der Waals surface area contributed by atoms with Crippen LogP contribution in [0, 0.1) is 5.95 Å². The van der Waals surface area contributed by atoms with Crippen molar-refractivity contribution in [2.75, 3.05) is 0 Å². The second-order valence-corrected chi connectivity index (χ2v) is 3.13. The van der Waals surface area contributed by atoms with Gasteiger partial charge < -0.3 is 5.11 Å². The first-order chi connectivity index (χ1) is 6.60. The summed E-state index contributed by atoms with van der Waals surface area (Å²) in [4.78, 5) is 3.32. The molecule has 1 rings (SSSR count). The molecule has 0 aliphatic heterocycles. The normalized spacial score (nSPS) is 11.0. The highest BCUT2D eigenvalue weighted by molar-refractivity contribution is 9.08. The fourth-order valence-electron chi connectivity index (χ4n) is 1.06. The highest BCUT2D eigenvalue weighted by Crippen LogP contribution is 2.26. The first-order valence-electron chi connectivity index (χ1n) is 3.73. The smallest absolute Gasteiger partial charge is 0.268 e. The largest absolute Gasteiger partial charge is 0.392 e. The number of aliphatic hydroxyl groups excluding tert-OH is 1. The fraction of sp³-hybridized carbons (Fsp3) is 0.375. The monoisotopic (exact) mass is 269 g/mol. The van der Waals surface area contributed by atoms with E-state index in [-0.39, 0.29) is 16.6 Å². The molecule has 0 aliphatic rings. The van der Waals surface area contributed by atoms with Crippen molar-refractivity contribution in [1.29, 1.82) is 0 Å². The van der Waals surface area contributed by atoms with E-state index in [1.165, 1.54) is 6.07 Å². The van der Waals surface area contributed by atoms with Gasteiger partial charge >= 0.3 is 0 Å². The van der Waals surface area contributed by atoms with Crippen molar-refractivity contribution in [3.8, 4) is 0 Å². The summed E-state index contributed by atoms with van der Waals surface area (Å²) in [5.41, 5.74) is -0.671. The number of nitrogens with zero attached hydrogens (tertiary/aromatic N) is 1. The van der Waals surface area contributed by atoms with Crippen LogP contribution >= 0.6 is 15.9 Å². The Bertz CT molecular complexity index is 333. The minimum atomic E-state index is -2.96. The Balaban J connectivity index is 3.27. The molecule has 1 N–H and O–H groups in total. The van der Waals surface area contributed by atoms with Crippen LogP contribution in [0.5, 0.6) is 0 Å². The van der Waals surface area contributed by atoms with E-state index in [0.29, 0.717) is 0 Å². The highest BCUT2D eigenvalue weighted by atomic mass is 79.9. The van der Waals surface area contributed by atoms with Gasteiger partial charge in [-0.2, -0.15) is 4.39 Å². The van der Waals surface area contributed by atoms with Gasteiger partial charge in [0, 0.05) is 5.33 Å². The van der Waals surface area contributed by atoms with Gasteiger partial charge in [0.2, 0.25) is 5.95 Å². The van der Waals surface area contributed by atoms with E-state index in [2.05, 4.69) is 20.9 Å². The maximum atomic E-state index is 13.0. The van der Waals surface area contributed by atoms with E-state index < -0.39 is 24.5 Å². The van der Waals surface area contributed by atoms with Crippen molar-refractivity contribution in [1.82, 2.24) is 4.98 Å². The zero-order valence-corrected chi connectivity index (χ0v) is 8.56. The predicted octanol–water partition coefficient (Wildman–Crippen LogP) is 2.55. The SMILES string of the molecule is OCc1cc(CBr)nc(F)c1C(F)F. The molecule has 0 radical (unpaired) electrons. The molecular weight excluding hydrogens is 263 g/mol. The lowest BCUT2D eigenvalue weighted by Gasteiger charge is -2.08. The van der Waals surface area contributed by atoms with E-state index in [0.717, 1.165) is 0 Å². The molecule has 1 aromatic rings. The summed E-state index contributed by atoms with van der Waals surface area (Å²) in [5, 5.41) is 9.02. The Morgan fingerprint density at radius 3 is 2.57 bits per heavy atom. The molecule has 0 saturated heterocycles. The van der Waals surface area contributed by atoms with Gasteiger partial charge in [0.15, 0.2) is 0 Å². The van der Waals surface area contributed by atoms with Crippen molar-refractivity contribution in [2.45, 2.75) is 18.4 Å². The third-order valence-corrected chi connectivity index (χ3v) is 2.25. The van der Waals surface area contributed by atoms with Gasteiger partial charge in [0.25, 0.3) is 6.43 Å². The van der Waals surface area contributed by atoms with E-state index >= 15 is 0 Å². The third-order valence-electron chi connectivity index (χ3n) is 1.68. The summed E-state index contributed by atoms with van der Waals surface area (Å²) in [5.74, 6) is -1.22. The molecule has 0 amide bonds. The van der Waals surface area contributed by atoms with Gasteiger partial charge in [-0.3, -0.25) is 0 Å². The second-order valence-electron chi connectivity index (χ2n) is 2.57. The van der Waals surface area contributed by atoms with E-state index in [4.69, 9.17) is 5.11 Å². The van der Waals surface area contributed by atoms with E-state index in [9.17, 15) is 13.2 Å². The standard InChI is InChI=1S/C8H7BrF3NO/c9-2-5-1-4(3-14)6(7(10)11)8(12)13-5/h1,7,14H,2-3H2. The van der Waals surface area contributed by atoms with Crippen LogP contribution in [0.15, 0.2) is 6.07 Å². The molecule has 0 aromatic carbocycles. The van der Waals surface area contributed by atoms with Gasteiger partial charge in [-0.25, -0.2) is 13.8 Å². The number of halogens is 4.